The molecule has 5 aromatic rings. The first-order valence-electron chi connectivity index (χ1n) is 15.3. The van der Waals surface area contributed by atoms with E-state index in [1.165, 1.54) is 12.3 Å². The first-order chi connectivity index (χ1) is 22.8. The van der Waals surface area contributed by atoms with Gasteiger partial charge in [0.25, 0.3) is 0 Å². The second-order valence-corrected chi connectivity index (χ2v) is 13.6. The number of nitrogens with zero attached hydrogens (tertiary/aromatic N) is 7. The molecule has 3 aromatic heterocycles. The molecule has 1 saturated heterocycles. The van der Waals surface area contributed by atoms with E-state index in [1.807, 2.05) is 23.0 Å². The highest BCUT2D eigenvalue weighted by Crippen LogP contribution is 2.38. The van der Waals surface area contributed by atoms with Gasteiger partial charge in [0.05, 0.1) is 52.6 Å². The van der Waals surface area contributed by atoms with Crippen LogP contribution in [0.15, 0.2) is 67.1 Å². The number of halogens is 5. The van der Waals surface area contributed by atoms with Gasteiger partial charge < -0.3 is 10.6 Å². The fourth-order valence-electron chi connectivity index (χ4n) is 5.92. The van der Waals surface area contributed by atoms with Gasteiger partial charge in [-0.1, -0.05) is 40.5 Å². The number of rotatable bonds is 7. The number of alkyl halides is 3. The van der Waals surface area contributed by atoms with Crippen LogP contribution in [0.25, 0.3) is 10.9 Å². The van der Waals surface area contributed by atoms with E-state index in [9.17, 15) is 18.4 Å². The summed E-state index contributed by atoms with van der Waals surface area (Å²) in [5, 5.41) is 27.0. The summed E-state index contributed by atoms with van der Waals surface area (Å²) in [6, 6.07) is 14.7. The lowest BCUT2D eigenvalue weighted by Crippen LogP contribution is -2.46. The van der Waals surface area contributed by atoms with Gasteiger partial charge in [0.2, 0.25) is 0 Å². The lowest BCUT2D eigenvalue weighted by atomic mass is 9.98. The highest BCUT2D eigenvalue weighted by Gasteiger charge is 2.32. The summed E-state index contributed by atoms with van der Waals surface area (Å²) in [7, 11) is 0. The van der Waals surface area contributed by atoms with Crippen molar-refractivity contribution >= 4 is 51.2 Å². The molecule has 1 atom stereocenters. The number of benzene rings is 2. The maximum Gasteiger partial charge on any atom is 0.433 e. The average Bonchev–Trinajstić information content (AvgIpc) is 3.54. The van der Waals surface area contributed by atoms with Crippen molar-refractivity contribution in [1.82, 2.24) is 29.9 Å². The SMILES string of the molecule is CC(C)(C)N1CCC(n2cc([C@@H](Nc3cc(Cl)cc4c(Nc5ccc(C(F)(F)F)nc5)c(C#N)cnc34)c3ccc(Cl)cc3)nn2)CC1. The van der Waals surface area contributed by atoms with Crippen molar-refractivity contribution < 1.29 is 13.2 Å². The third-order valence-corrected chi connectivity index (χ3v) is 8.96. The first kappa shape index (κ1) is 33.5. The fourth-order valence-corrected chi connectivity index (χ4v) is 6.26. The van der Waals surface area contributed by atoms with Crippen molar-refractivity contribution in [2.75, 3.05) is 23.7 Å². The van der Waals surface area contributed by atoms with Crippen LogP contribution >= 0.6 is 23.2 Å². The largest absolute Gasteiger partial charge is 0.433 e. The van der Waals surface area contributed by atoms with E-state index in [4.69, 9.17) is 23.2 Å². The van der Waals surface area contributed by atoms with E-state index in [2.05, 4.69) is 62.7 Å². The van der Waals surface area contributed by atoms with Crippen molar-refractivity contribution in [2.24, 2.45) is 0 Å². The van der Waals surface area contributed by atoms with Gasteiger partial charge in [0.1, 0.15) is 17.5 Å². The summed E-state index contributed by atoms with van der Waals surface area (Å²) >= 11 is 12.9. The van der Waals surface area contributed by atoms with Gasteiger partial charge in [-0.05, 0) is 75.6 Å². The minimum absolute atomic E-state index is 0.105. The summed E-state index contributed by atoms with van der Waals surface area (Å²) in [5.41, 5.74) is 2.39. The molecule has 0 spiro atoms. The van der Waals surface area contributed by atoms with E-state index >= 15 is 0 Å². The summed E-state index contributed by atoms with van der Waals surface area (Å²) in [6.45, 7) is 8.61. The lowest BCUT2D eigenvalue weighted by molar-refractivity contribution is -0.141. The van der Waals surface area contributed by atoms with Gasteiger partial charge in [0.15, 0.2) is 0 Å². The number of hydrogen-bond donors (Lipinski definition) is 2. The summed E-state index contributed by atoms with van der Waals surface area (Å²) in [6.07, 6.45) is 1.75. The van der Waals surface area contributed by atoms with E-state index in [0.717, 1.165) is 43.8 Å². The Morgan fingerprint density at radius 2 is 1.69 bits per heavy atom. The fraction of sp³-hybridized carbons (Fsp3) is 0.324. The van der Waals surface area contributed by atoms with Gasteiger partial charge in [-0.15, -0.1) is 5.10 Å². The normalized spacial score (nSPS) is 15.3. The van der Waals surface area contributed by atoms with Gasteiger partial charge in [-0.25, -0.2) is 9.67 Å². The zero-order chi connectivity index (χ0) is 34.2. The van der Waals surface area contributed by atoms with E-state index < -0.39 is 17.9 Å². The van der Waals surface area contributed by atoms with E-state index in [0.29, 0.717) is 38.0 Å². The van der Waals surface area contributed by atoms with Gasteiger partial charge in [0, 0.05) is 40.3 Å². The molecule has 0 bridgehead atoms. The Hall–Kier alpha value is -4.44. The Bertz CT molecular complexity index is 1960. The summed E-state index contributed by atoms with van der Waals surface area (Å²) in [4.78, 5) is 10.6. The molecule has 9 nitrogen and oxygen atoms in total. The molecule has 248 valence electrons. The molecule has 0 radical (unpaired) electrons. The molecule has 4 heterocycles. The van der Waals surface area contributed by atoms with Crippen LogP contribution in [0.5, 0.6) is 0 Å². The third kappa shape index (κ3) is 7.18. The summed E-state index contributed by atoms with van der Waals surface area (Å²) < 4.78 is 41.3. The molecule has 14 heteroatoms. The number of nitriles is 1. The first-order valence-corrected chi connectivity index (χ1v) is 16.1. The van der Waals surface area contributed by atoms with Gasteiger partial charge in [-0.2, -0.15) is 18.4 Å². The zero-order valence-corrected chi connectivity index (χ0v) is 27.9. The van der Waals surface area contributed by atoms with Crippen LogP contribution in [-0.2, 0) is 6.18 Å². The maximum absolute atomic E-state index is 13.1. The number of anilines is 3. The highest BCUT2D eigenvalue weighted by atomic mass is 35.5. The molecular formula is C34H32Cl2F3N9. The van der Waals surface area contributed by atoms with Crippen LogP contribution < -0.4 is 10.6 Å². The van der Waals surface area contributed by atoms with Crippen molar-refractivity contribution in [3.05, 3.63) is 99.7 Å². The van der Waals surface area contributed by atoms with E-state index in [-0.39, 0.29) is 22.8 Å². The molecule has 2 aromatic carbocycles. The zero-order valence-electron chi connectivity index (χ0n) is 26.4. The van der Waals surface area contributed by atoms with Gasteiger partial charge >= 0.3 is 6.18 Å². The molecular weight excluding hydrogens is 662 g/mol. The molecule has 1 aliphatic heterocycles. The molecule has 0 amide bonds. The molecule has 6 rings (SSSR count). The van der Waals surface area contributed by atoms with Crippen LogP contribution in [-0.4, -0.2) is 48.5 Å². The standard InChI is InChI=1S/C34H32Cl2F3N9/c1-33(2,3)47-12-10-25(11-13-47)48-19-28(45-46-48)31(20-4-6-22(35)7-5-20)44-27-15-23(36)14-26-30(21(16-40)17-42-32(26)27)43-24-8-9-29(41-18-24)34(37,38)39/h4-9,14-15,17-19,25,31,44H,10-13H2,1-3H3,(H,42,43)/t31-/m0/s1. The second kappa shape index (κ2) is 13.2. The molecule has 1 fully saturated rings. The summed E-state index contributed by atoms with van der Waals surface area (Å²) in [5.74, 6) is 0. The topological polar surface area (TPSA) is 108 Å². The number of pyridine rings is 2. The van der Waals surface area contributed by atoms with E-state index in [1.54, 1.807) is 24.3 Å². The highest BCUT2D eigenvalue weighted by molar-refractivity contribution is 6.32. The van der Waals surface area contributed by atoms with Crippen LogP contribution in [0, 0.1) is 11.3 Å². The molecule has 0 saturated carbocycles. The number of fused-ring (bicyclic) bond motifs is 1. The Kier molecular flexibility index (Phi) is 9.22. The quantitative estimate of drug-likeness (QED) is 0.174. The monoisotopic (exact) mass is 693 g/mol. The molecule has 48 heavy (non-hydrogen) atoms. The molecule has 2 N–H and O–H groups in total. The number of likely N-dealkylation sites (tertiary alicyclic amines) is 1. The van der Waals surface area contributed by atoms with Crippen LogP contribution in [0.3, 0.4) is 0 Å². The minimum atomic E-state index is -4.58. The maximum atomic E-state index is 13.1. The smallest absolute Gasteiger partial charge is 0.371 e. The Labute approximate surface area is 285 Å². The molecule has 0 aliphatic carbocycles. The third-order valence-electron chi connectivity index (χ3n) is 8.49. The molecule has 1 aliphatic rings. The van der Waals surface area contributed by atoms with Crippen LogP contribution in [0.2, 0.25) is 10.0 Å². The molecule has 0 unspecified atom stereocenters. The lowest BCUT2D eigenvalue weighted by Gasteiger charge is -2.40. The van der Waals surface area contributed by atoms with Crippen molar-refractivity contribution in [3.63, 3.8) is 0 Å². The predicted octanol–water partition coefficient (Wildman–Crippen LogP) is 8.80. The van der Waals surface area contributed by atoms with Crippen LogP contribution in [0.4, 0.5) is 30.2 Å². The Morgan fingerprint density at radius 1 is 0.958 bits per heavy atom. The minimum Gasteiger partial charge on any atom is -0.371 e. The number of hydrogen-bond acceptors (Lipinski definition) is 8. The Morgan fingerprint density at radius 3 is 2.31 bits per heavy atom. The van der Waals surface area contributed by atoms with Gasteiger partial charge in [-0.3, -0.25) is 9.88 Å². The Balaban J connectivity index is 1.36. The van der Waals surface area contributed by atoms with Crippen molar-refractivity contribution in [2.45, 2.75) is 57.4 Å². The number of nitrogens with one attached hydrogen (secondary N) is 2. The van der Waals surface area contributed by atoms with Crippen molar-refractivity contribution in [1.29, 1.82) is 5.26 Å². The predicted molar refractivity (Wildman–Crippen MR) is 181 cm³/mol. The van der Waals surface area contributed by atoms with Crippen molar-refractivity contribution in [3.8, 4) is 6.07 Å². The second-order valence-electron chi connectivity index (χ2n) is 12.7. The van der Waals surface area contributed by atoms with Crippen LogP contribution in [0.1, 0.15) is 68.2 Å². The number of piperidine rings is 1. The average molecular weight is 695 g/mol. The number of aromatic nitrogens is 5.